The van der Waals surface area contributed by atoms with E-state index in [1.165, 1.54) is 23.8 Å². The van der Waals surface area contributed by atoms with E-state index in [2.05, 4.69) is 0 Å². The Morgan fingerprint density at radius 3 is 2.75 bits per heavy atom. The molecule has 1 aromatic heterocycles. The number of nitro benzene ring substituents is 1. The number of non-ortho nitro benzene ring substituents is 1. The number of aromatic nitrogens is 1. The summed E-state index contributed by atoms with van der Waals surface area (Å²) in [6.07, 6.45) is 1.65. The van der Waals surface area contributed by atoms with Gasteiger partial charge < -0.3 is 9.30 Å². The monoisotopic (exact) mass is 274 g/mol. The third-order valence-corrected chi connectivity index (χ3v) is 2.96. The van der Waals surface area contributed by atoms with Crippen LogP contribution >= 0.6 is 0 Å². The van der Waals surface area contributed by atoms with E-state index in [0.29, 0.717) is 16.9 Å². The van der Waals surface area contributed by atoms with Crippen molar-refractivity contribution in [1.29, 1.82) is 0 Å². The third kappa shape index (κ3) is 2.85. The maximum absolute atomic E-state index is 11.9. The van der Waals surface area contributed by atoms with Gasteiger partial charge in [-0.05, 0) is 24.6 Å². The van der Waals surface area contributed by atoms with Crippen molar-refractivity contribution in [3.63, 3.8) is 0 Å². The Morgan fingerprint density at radius 2 is 2.10 bits per heavy atom. The molecule has 0 N–H and O–H groups in total. The third-order valence-electron chi connectivity index (χ3n) is 2.96. The highest BCUT2D eigenvalue weighted by atomic mass is 16.6. The highest BCUT2D eigenvalue weighted by Gasteiger charge is 2.11. The lowest BCUT2D eigenvalue weighted by molar-refractivity contribution is -0.385. The minimum atomic E-state index is -0.481. The van der Waals surface area contributed by atoms with Gasteiger partial charge in [-0.3, -0.25) is 14.9 Å². The van der Waals surface area contributed by atoms with Crippen LogP contribution in [0.15, 0.2) is 41.3 Å². The number of nitrogens with zero attached hydrogens (tertiary/aromatic N) is 2. The van der Waals surface area contributed by atoms with E-state index in [-0.39, 0.29) is 17.8 Å². The van der Waals surface area contributed by atoms with Crippen LogP contribution in [0.2, 0.25) is 0 Å². The molecule has 0 fully saturated rings. The summed E-state index contributed by atoms with van der Waals surface area (Å²) in [5.74, 6) is 0.398. The minimum absolute atomic E-state index is 0.0555. The lowest BCUT2D eigenvalue weighted by atomic mass is 10.2. The quantitative estimate of drug-likeness (QED) is 0.632. The molecule has 0 aliphatic rings. The molecule has 0 spiro atoms. The molecule has 6 nitrogen and oxygen atoms in total. The molecule has 2 rings (SSSR count). The summed E-state index contributed by atoms with van der Waals surface area (Å²) < 4.78 is 6.55. The Morgan fingerprint density at radius 1 is 1.35 bits per heavy atom. The van der Waals surface area contributed by atoms with Gasteiger partial charge in [0, 0.05) is 17.8 Å². The zero-order valence-corrected chi connectivity index (χ0v) is 11.2. The Balaban J connectivity index is 2.43. The van der Waals surface area contributed by atoms with Gasteiger partial charge in [0.2, 0.25) is 0 Å². The smallest absolute Gasteiger partial charge is 0.273 e. The SMILES string of the molecule is COc1cc(Cn2cccc(C)c2=O)cc([N+](=O)[O-])c1. The van der Waals surface area contributed by atoms with Gasteiger partial charge in [-0.2, -0.15) is 0 Å². The van der Waals surface area contributed by atoms with Crippen LogP contribution in [0.25, 0.3) is 0 Å². The molecule has 20 heavy (non-hydrogen) atoms. The second-order valence-corrected chi connectivity index (χ2v) is 4.42. The molecule has 0 aliphatic heterocycles. The first-order valence-corrected chi connectivity index (χ1v) is 5.99. The van der Waals surface area contributed by atoms with Crippen LogP contribution in [0.5, 0.6) is 5.75 Å². The average molecular weight is 274 g/mol. The number of hydrogen-bond donors (Lipinski definition) is 0. The van der Waals surface area contributed by atoms with Gasteiger partial charge in [-0.25, -0.2) is 0 Å². The van der Waals surface area contributed by atoms with Gasteiger partial charge in [0.15, 0.2) is 0 Å². The predicted molar refractivity (Wildman–Crippen MR) is 74.2 cm³/mol. The zero-order chi connectivity index (χ0) is 14.7. The van der Waals surface area contributed by atoms with Gasteiger partial charge in [-0.15, -0.1) is 0 Å². The Labute approximate surface area is 115 Å². The molecule has 1 aromatic carbocycles. The van der Waals surface area contributed by atoms with Crippen LogP contribution in [0.4, 0.5) is 5.69 Å². The maximum Gasteiger partial charge on any atom is 0.273 e. The number of pyridine rings is 1. The Kier molecular flexibility index (Phi) is 3.84. The summed E-state index contributed by atoms with van der Waals surface area (Å²) in [7, 11) is 1.45. The second kappa shape index (κ2) is 5.56. The van der Waals surface area contributed by atoms with Crippen molar-refractivity contribution >= 4 is 5.69 Å². The zero-order valence-electron chi connectivity index (χ0n) is 11.2. The number of benzene rings is 1. The van der Waals surface area contributed by atoms with Crippen molar-refractivity contribution in [2.75, 3.05) is 7.11 Å². The normalized spacial score (nSPS) is 10.3. The molecule has 0 radical (unpaired) electrons. The number of methoxy groups -OCH3 is 1. The number of nitro groups is 1. The number of rotatable bonds is 4. The van der Waals surface area contributed by atoms with Gasteiger partial charge in [0.05, 0.1) is 24.6 Å². The molecular formula is C14H14N2O4. The van der Waals surface area contributed by atoms with Crippen molar-refractivity contribution in [2.24, 2.45) is 0 Å². The van der Waals surface area contributed by atoms with E-state index in [4.69, 9.17) is 4.74 Å². The maximum atomic E-state index is 11.9. The molecule has 2 aromatic rings. The molecule has 0 aliphatic carbocycles. The molecule has 0 bridgehead atoms. The van der Waals surface area contributed by atoms with E-state index in [1.807, 2.05) is 0 Å². The summed E-state index contributed by atoms with van der Waals surface area (Å²) in [6, 6.07) is 7.97. The van der Waals surface area contributed by atoms with Gasteiger partial charge in [-0.1, -0.05) is 6.07 Å². The van der Waals surface area contributed by atoms with E-state index >= 15 is 0 Å². The lowest BCUT2D eigenvalue weighted by Gasteiger charge is -2.08. The van der Waals surface area contributed by atoms with Crippen molar-refractivity contribution in [3.8, 4) is 5.75 Å². The highest BCUT2D eigenvalue weighted by Crippen LogP contribution is 2.22. The van der Waals surface area contributed by atoms with E-state index in [9.17, 15) is 14.9 Å². The molecule has 0 saturated carbocycles. The van der Waals surface area contributed by atoms with Crippen molar-refractivity contribution in [1.82, 2.24) is 4.57 Å². The summed E-state index contributed by atoms with van der Waals surface area (Å²) >= 11 is 0. The van der Waals surface area contributed by atoms with Crippen molar-refractivity contribution < 1.29 is 9.66 Å². The first kappa shape index (κ1) is 13.8. The standard InChI is InChI=1S/C14H14N2O4/c1-10-4-3-5-15(14(10)17)9-11-6-12(16(18)19)8-13(7-11)20-2/h3-8H,9H2,1-2H3. The molecule has 0 amide bonds. The fourth-order valence-electron chi connectivity index (χ4n) is 1.94. The van der Waals surface area contributed by atoms with Crippen LogP contribution in [-0.2, 0) is 6.54 Å². The molecule has 6 heteroatoms. The molecule has 0 atom stereocenters. The average Bonchev–Trinajstić information content (AvgIpc) is 2.43. The largest absolute Gasteiger partial charge is 0.496 e. The van der Waals surface area contributed by atoms with E-state index in [0.717, 1.165) is 0 Å². The molecule has 1 heterocycles. The minimum Gasteiger partial charge on any atom is -0.496 e. The van der Waals surface area contributed by atoms with Gasteiger partial charge in [0.25, 0.3) is 11.2 Å². The van der Waals surface area contributed by atoms with Crippen LogP contribution in [0.3, 0.4) is 0 Å². The summed E-state index contributed by atoms with van der Waals surface area (Å²) in [5.41, 5.74) is 1.10. The molecule has 0 saturated heterocycles. The first-order chi connectivity index (χ1) is 9.51. The molecular weight excluding hydrogens is 260 g/mol. The topological polar surface area (TPSA) is 74.4 Å². The van der Waals surface area contributed by atoms with Gasteiger partial charge in [0.1, 0.15) is 5.75 Å². The Bertz CT molecular complexity index is 707. The molecule has 0 unspecified atom stereocenters. The fraction of sp³-hybridized carbons (Fsp3) is 0.214. The van der Waals surface area contributed by atoms with Crippen molar-refractivity contribution in [3.05, 3.63) is 68.1 Å². The Hall–Kier alpha value is -2.63. The second-order valence-electron chi connectivity index (χ2n) is 4.42. The number of ether oxygens (including phenoxy) is 1. The first-order valence-electron chi connectivity index (χ1n) is 5.99. The van der Waals surface area contributed by atoms with Gasteiger partial charge >= 0.3 is 0 Å². The van der Waals surface area contributed by atoms with Crippen LogP contribution in [0, 0.1) is 17.0 Å². The predicted octanol–water partition coefficient (Wildman–Crippen LogP) is 2.12. The molecule has 104 valence electrons. The van der Waals surface area contributed by atoms with E-state index < -0.39 is 4.92 Å². The fourth-order valence-corrected chi connectivity index (χ4v) is 1.94. The van der Waals surface area contributed by atoms with Crippen molar-refractivity contribution in [2.45, 2.75) is 13.5 Å². The van der Waals surface area contributed by atoms with Crippen LogP contribution in [-0.4, -0.2) is 16.6 Å². The van der Waals surface area contributed by atoms with Crippen LogP contribution < -0.4 is 10.3 Å². The number of aryl methyl sites for hydroxylation is 1. The van der Waals surface area contributed by atoms with E-state index in [1.54, 1.807) is 31.3 Å². The summed E-state index contributed by atoms with van der Waals surface area (Å²) in [4.78, 5) is 22.3. The summed E-state index contributed by atoms with van der Waals surface area (Å²) in [5, 5.41) is 10.9. The summed E-state index contributed by atoms with van der Waals surface area (Å²) in [6.45, 7) is 1.99. The van der Waals surface area contributed by atoms with Crippen LogP contribution in [0.1, 0.15) is 11.1 Å². The number of hydrogen-bond acceptors (Lipinski definition) is 4. The lowest BCUT2D eigenvalue weighted by Crippen LogP contribution is -2.21. The highest BCUT2D eigenvalue weighted by molar-refractivity contribution is 5.42.